The summed E-state index contributed by atoms with van der Waals surface area (Å²) < 4.78 is 52.8. The fourth-order valence-electron chi connectivity index (χ4n) is 5.41. The molecular weight excluding hydrogens is 547 g/mol. The average molecular weight is 568 g/mol. The number of aliphatic hydroxyl groups is 2. The van der Waals surface area contributed by atoms with E-state index >= 15 is 0 Å². The Bertz CT molecular complexity index is 1230. The zero-order chi connectivity index (χ0) is 25.0. The van der Waals surface area contributed by atoms with E-state index in [1.165, 1.54) is 19.5 Å². The molecule has 35 heavy (non-hydrogen) atoms. The Morgan fingerprint density at radius 1 is 1.11 bits per heavy atom. The Labute approximate surface area is 212 Å². The van der Waals surface area contributed by atoms with E-state index < -0.39 is 40.4 Å². The van der Waals surface area contributed by atoms with E-state index in [1.807, 2.05) is 0 Å². The summed E-state index contributed by atoms with van der Waals surface area (Å²) >= 11 is 3.97. The third-order valence-electron chi connectivity index (χ3n) is 6.69. The van der Waals surface area contributed by atoms with Crippen molar-refractivity contribution >= 4 is 27.7 Å². The van der Waals surface area contributed by atoms with Crippen molar-refractivity contribution in [2.24, 2.45) is 0 Å². The minimum absolute atomic E-state index is 0.168. The molecule has 2 aliphatic rings. The topological polar surface area (TPSA) is 71.8 Å². The number of ether oxygens (including phenoxy) is 2. The Morgan fingerprint density at radius 3 is 2.43 bits per heavy atom. The zero-order valence-electron chi connectivity index (χ0n) is 18.4. The van der Waals surface area contributed by atoms with Gasteiger partial charge in [-0.3, -0.25) is 4.98 Å². The molecule has 0 amide bonds. The second-order valence-electron chi connectivity index (χ2n) is 8.55. The molecule has 0 bridgehead atoms. The van der Waals surface area contributed by atoms with Crippen molar-refractivity contribution in [2.45, 2.75) is 34.7 Å². The highest BCUT2D eigenvalue weighted by molar-refractivity contribution is 9.10. The Hall–Kier alpha value is -2.27. The highest BCUT2D eigenvalue weighted by Crippen LogP contribution is 2.69. The summed E-state index contributed by atoms with van der Waals surface area (Å²) in [6, 6.07) is 15.9. The molecule has 0 spiro atoms. The van der Waals surface area contributed by atoms with Crippen LogP contribution in [0.15, 0.2) is 71.5 Å². The highest BCUT2D eigenvalue weighted by Gasteiger charge is 2.77. The van der Waals surface area contributed by atoms with Crippen molar-refractivity contribution in [2.75, 3.05) is 12.9 Å². The standard InChI is InChI=1S/C25H21BrF3NO4S/c1-33-17-11-30-12-18-20(17)24(32)22(31)21(35-13-23(27,28)29)19(14-5-3-2-4-6-14)25(24,34-18)15-7-9-16(26)10-8-15/h2-12,19,21-22,31-32H,13H2,1H3/t19-,21-,22-,24+,25+/m1/s1. The maximum absolute atomic E-state index is 13.3. The lowest BCUT2D eigenvalue weighted by atomic mass is 9.71. The van der Waals surface area contributed by atoms with Gasteiger partial charge in [0, 0.05) is 15.6 Å². The van der Waals surface area contributed by atoms with Gasteiger partial charge < -0.3 is 19.7 Å². The number of nitrogens with zero attached hydrogens (tertiary/aromatic N) is 1. The summed E-state index contributed by atoms with van der Waals surface area (Å²) in [4.78, 5) is 4.13. The van der Waals surface area contributed by atoms with Crippen LogP contribution in [0.3, 0.4) is 0 Å². The SMILES string of the molecule is COc1cncc2c1[C@]1(O)[C@H](O)[C@H](SCC(F)(F)F)[C@@H](c3ccccc3)[C@]1(c1ccc(Br)cc1)O2. The number of pyridine rings is 1. The second kappa shape index (κ2) is 8.69. The second-order valence-corrected chi connectivity index (χ2v) is 10.6. The van der Waals surface area contributed by atoms with E-state index in [4.69, 9.17) is 9.47 Å². The lowest BCUT2D eigenvalue weighted by molar-refractivity contribution is -0.149. The largest absolute Gasteiger partial charge is 0.495 e. The van der Waals surface area contributed by atoms with Gasteiger partial charge in [-0.1, -0.05) is 58.4 Å². The van der Waals surface area contributed by atoms with Gasteiger partial charge >= 0.3 is 6.18 Å². The first-order chi connectivity index (χ1) is 16.6. The minimum atomic E-state index is -4.46. The molecule has 1 fully saturated rings. The van der Waals surface area contributed by atoms with Crippen LogP contribution >= 0.6 is 27.7 Å². The maximum atomic E-state index is 13.3. The Balaban J connectivity index is 1.81. The molecule has 2 heterocycles. The Kier molecular flexibility index (Phi) is 6.06. The van der Waals surface area contributed by atoms with Crippen LogP contribution in [-0.2, 0) is 11.2 Å². The lowest BCUT2D eigenvalue weighted by Crippen LogP contribution is -2.52. The summed E-state index contributed by atoms with van der Waals surface area (Å²) in [6.45, 7) is 0. The molecule has 0 unspecified atom stereocenters. The molecular formula is C25H21BrF3NO4S. The molecule has 1 saturated carbocycles. The van der Waals surface area contributed by atoms with Gasteiger partial charge in [-0.2, -0.15) is 13.2 Å². The number of halogens is 4. The van der Waals surface area contributed by atoms with Crippen LogP contribution in [-0.4, -0.2) is 45.6 Å². The number of alkyl halides is 3. The molecule has 1 aliphatic heterocycles. The summed E-state index contributed by atoms with van der Waals surface area (Å²) in [5, 5.41) is 23.1. The molecule has 5 atom stereocenters. The predicted octanol–water partition coefficient (Wildman–Crippen LogP) is 5.15. The summed E-state index contributed by atoms with van der Waals surface area (Å²) in [7, 11) is 1.40. The number of methoxy groups -OCH3 is 1. The minimum Gasteiger partial charge on any atom is -0.495 e. The summed E-state index contributed by atoms with van der Waals surface area (Å²) in [5.74, 6) is -1.66. The average Bonchev–Trinajstić information content (AvgIpc) is 3.21. The molecule has 2 aromatic carbocycles. The van der Waals surface area contributed by atoms with Crippen molar-refractivity contribution in [3.05, 3.63) is 88.2 Å². The van der Waals surface area contributed by atoms with Crippen molar-refractivity contribution in [1.29, 1.82) is 0 Å². The first kappa shape index (κ1) is 24.4. The van der Waals surface area contributed by atoms with E-state index in [-0.39, 0.29) is 17.1 Å². The quantitative estimate of drug-likeness (QED) is 0.444. The lowest BCUT2D eigenvalue weighted by Gasteiger charge is -2.40. The summed E-state index contributed by atoms with van der Waals surface area (Å²) in [5.41, 5.74) is -2.49. The van der Waals surface area contributed by atoms with E-state index in [0.717, 1.165) is 4.47 Å². The molecule has 0 saturated heterocycles. The van der Waals surface area contributed by atoms with Crippen molar-refractivity contribution in [3.8, 4) is 11.5 Å². The number of aromatic nitrogens is 1. The molecule has 1 aliphatic carbocycles. The smallest absolute Gasteiger partial charge is 0.397 e. The van der Waals surface area contributed by atoms with Gasteiger partial charge in [-0.25, -0.2) is 0 Å². The third-order valence-corrected chi connectivity index (χ3v) is 8.63. The van der Waals surface area contributed by atoms with Gasteiger partial charge in [0.2, 0.25) is 0 Å². The van der Waals surface area contributed by atoms with Crippen LogP contribution in [0.1, 0.15) is 22.6 Å². The molecule has 10 heteroatoms. The molecule has 2 N–H and O–H groups in total. The fraction of sp³-hybridized carbons (Fsp3) is 0.320. The van der Waals surface area contributed by atoms with E-state index in [2.05, 4.69) is 20.9 Å². The van der Waals surface area contributed by atoms with Crippen LogP contribution in [0.2, 0.25) is 0 Å². The van der Waals surface area contributed by atoms with Gasteiger partial charge in [0.1, 0.15) is 17.6 Å². The molecule has 3 aromatic rings. The van der Waals surface area contributed by atoms with Crippen molar-refractivity contribution in [3.63, 3.8) is 0 Å². The first-order valence-corrected chi connectivity index (χ1v) is 12.6. The van der Waals surface area contributed by atoms with Gasteiger partial charge in [0.25, 0.3) is 0 Å². The van der Waals surface area contributed by atoms with Gasteiger partial charge in [-0.15, -0.1) is 11.8 Å². The number of aliphatic hydroxyl groups excluding tert-OH is 1. The molecule has 1 aromatic heterocycles. The van der Waals surface area contributed by atoms with Gasteiger partial charge in [0.15, 0.2) is 11.2 Å². The molecule has 0 radical (unpaired) electrons. The fourth-order valence-corrected chi connectivity index (χ4v) is 6.97. The van der Waals surface area contributed by atoms with Gasteiger partial charge in [0.05, 0.1) is 30.8 Å². The van der Waals surface area contributed by atoms with Crippen molar-refractivity contribution in [1.82, 2.24) is 4.98 Å². The molecule has 5 nitrogen and oxygen atoms in total. The Morgan fingerprint density at radius 2 is 1.80 bits per heavy atom. The van der Waals surface area contributed by atoms with Gasteiger partial charge in [-0.05, 0) is 23.3 Å². The van der Waals surface area contributed by atoms with E-state index in [0.29, 0.717) is 22.9 Å². The van der Waals surface area contributed by atoms with Crippen LogP contribution < -0.4 is 9.47 Å². The maximum Gasteiger partial charge on any atom is 0.397 e. The van der Waals surface area contributed by atoms with Crippen molar-refractivity contribution < 1.29 is 32.9 Å². The highest BCUT2D eigenvalue weighted by atomic mass is 79.9. The van der Waals surface area contributed by atoms with E-state index in [9.17, 15) is 23.4 Å². The summed E-state index contributed by atoms with van der Waals surface area (Å²) in [6.07, 6.45) is -3.28. The number of fused-ring (bicyclic) bond motifs is 3. The zero-order valence-corrected chi connectivity index (χ0v) is 20.8. The van der Waals surface area contributed by atoms with Crippen LogP contribution in [0.25, 0.3) is 0 Å². The first-order valence-electron chi connectivity index (χ1n) is 10.7. The number of hydrogen-bond donors (Lipinski definition) is 2. The molecule has 5 rings (SSSR count). The number of rotatable bonds is 5. The van der Waals surface area contributed by atoms with Crippen LogP contribution in [0.4, 0.5) is 13.2 Å². The third kappa shape index (κ3) is 3.64. The monoisotopic (exact) mass is 567 g/mol. The number of hydrogen-bond acceptors (Lipinski definition) is 6. The predicted molar refractivity (Wildman–Crippen MR) is 129 cm³/mol. The number of thioether (sulfide) groups is 1. The molecule has 184 valence electrons. The number of benzene rings is 2. The normalized spacial score (nSPS) is 29.4. The van der Waals surface area contributed by atoms with Crippen LogP contribution in [0, 0.1) is 0 Å². The van der Waals surface area contributed by atoms with E-state index in [1.54, 1.807) is 54.6 Å². The van der Waals surface area contributed by atoms with Crippen LogP contribution in [0.5, 0.6) is 11.5 Å².